The number of alkyl carbamates (subject to hydrolysis) is 1. The van der Waals surface area contributed by atoms with Gasteiger partial charge in [0, 0.05) is 31.9 Å². The van der Waals surface area contributed by atoms with Crippen LogP contribution in [0.25, 0.3) is 0 Å². The molecule has 34 heavy (non-hydrogen) atoms. The Balaban J connectivity index is 1.53. The van der Waals surface area contributed by atoms with Crippen LogP contribution in [0.15, 0.2) is 48.8 Å². The van der Waals surface area contributed by atoms with Crippen molar-refractivity contribution in [2.75, 3.05) is 38.7 Å². The topological polar surface area (TPSA) is 147 Å². The maximum atomic E-state index is 12.1. The smallest absolute Gasteiger partial charge is 0.407 e. The van der Waals surface area contributed by atoms with Gasteiger partial charge in [-0.25, -0.2) is 9.78 Å². The summed E-state index contributed by atoms with van der Waals surface area (Å²) in [6.07, 6.45) is 2.14. The Morgan fingerprint density at radius 3 is 2.76 bits per heavy atom. The summed E-state index contributed by atoms with van der Waals surface area (Å²) in [7, 11) is 1.21. The average Bonchev–Trinajstić information content (AvgIpc) is 2.87. The molecule has 1 aromatic carbocycles. The molecule has 1 aromatic heterocycles. The number of carbonyl (C=O) groups excluding carboxylic acids is 2. The second-order valence-corrected chi connectivity index (χ2v) is 7.43. The van der Waals surface area contributed by atoms with Crippen LogP contribution in [0.2, 0.25) is 0 Å². The van der Waals surface area contributed by atoms with E-state index in [0.29, 0.717) is 43.1 Å². The van der Waals surface area contributed by atoms with E-state index in [0.717, 1.165) is 5.57 Å². The van der Waals surface area contributed by atoms with Crippen LogP contribution in [0.1, 0.15) is 11.3 Å². The Kier molecular flexibility index (Phi) is 8.90. The molecule has 2 amide bonds. The van der Waals surface area contributed by atoms with Crippen LogP contribution in [0.4, 0.5) is 10.6 Å². The Hall–Kier alpha value is -4.01. The zero-order valence-corrected chi connectivity index (χ0v) is 18.7. The van der Waals surface area contributed by atoms with Crippen molar-refractivity contribution >= 4 is 17.8 Å². The van der Waals surface area contributed by atoms with Crippen molar-refractivity contribution in [2.45, 2.75) is 18.6 Å². The second-order valence-electron chi connectivity index (χ2n) is 7.43. The number of morpholine rings is 1. The Morgan fingerprint density at radius 2 is 2.03 bits per heavy atom. The largest absolute Gasteiger partial charge is 0.491 e. The van der Waals surface area contributed by atoms with Crippen LogP contribution in [0, 0.1) is 11.3 Å². The molecule has 0 spiro atoms. The third-order valence-corrected chi connectivity index (χ3v) is 4.94. The summed E-state index contributed by atoms with van der Waals surface area (Å²) in [5.74, 6) is 0.475. The van der Waals surface area contributed by atoms with Crippen molar-refractivity contribution in [1.82, 2.24) is 20.6 Å². The molecule has 2 unspecified atom stereocenters. The fourth-order valence-electron chi connectivity index (χ4n) is 3.19. The summed E-state index contributed by atoms with van der Waals surface area (Å²) in [6, 6.07) is 8.96. The fourth-order valence-corrected chi connectivity index (χ4v) is 3.19. The molecular formula is C23H26N6O5. The molecule has 1 aliphatic heterocycles. The highest BCUT2D eigenvalue weighted by molar-refractivity contribution is 5.93. The summed E-state index contributed by atoms with van der Waals surface area (Å²) in [4.78, 5) is 31.7. The van der Waals surface area contributed by atoms with Gasteiger partial charge >= 0.3 is 6.09 Å². The van der Waals surface area contributed by atoms with E-state index in [2.05, 4.69) is 43.3 Å². The minimum absolute atomic E-state index is 0.198. The fraction of sp³-hybridized carbons (Fsp3) is 0.348. The number of nitrogens with one attached hydrogen (secondary N) is 3. The second kappa shape index (κ2) is 12.3. The summed E-state index contributed by atoms with van der Waals surface area (Å²) in [5.41, 5.74) is 1.86. The van der Waals surface area contributed by atoms with Gasteiger partial charge in [0.2, 0.25) is 5.91 Å². The Labute approximate surface area is 197 Å². The maximum Gasteiger partial charge on any atom is 0.407 e. The molecular weight excluding hydrogens is 440 g/mol. The number of ether oxygens (including phenoxy) is 3. The number of anilines is 1. The zero-order chi connectivity index (χ0) is 24.3. The molecule has 0 radical (unpaired) electrons. The van der Waals surface area contributed by atoms with Gasteiger partial charge in [0.25, 0.3) is 0 Å². The molecule has 3 rings (SSSR count). The summed E-state index contributed by atoms with van der Waals surface area (Å²) >= 11 is 0. The number of amides is 2. The number of hydrogen-bond donors (Lipinski definition) is 3. The number of hydrogen-bond acceptors (Lipinski definition) is 9. The van der Waals surface area contributed by atoms with E-state index in [1.165, 1.54) is 19.5 Å². The van der Waals surface area contributed by atoms with E-state index in [9.17, 15) is 9.59 Å². The molecule has 11 heteroatoms. The molecule has 0 saturated carbocycles. The Morgan fingerprint density at radius 1 is 1.26 bits per heavy atom. The van der Waals surface area contributed by atoms with Gasteiger partial charge in [0.15, 0.2) is 5.82 Å². The van der Waals surface area contributed by atoms with E-state index in [1.54, 1.807) is 24.3 Å². The van der Waals surface area contributed by atoms with E-state index in [4.69, 9.17) is 14.7 Å². The molecule has 1 fully saturated rings. The molecule has 1 saturated heterocycles. The summed E-state index contributed by atoms with van der Waals surface area (Å²) < 4.78 is 16.4. The number of nitrogens with zero attached hydrogens (tertiary/aromatic N) is 3. The lowest BCUT2D eigenvalue weighted by Gasteiger charge is -2.32. The zero-order valence-electron chi connectivity index (χ0n) is 18.7. The van der Waals surface area contributed by atoms with Gasteiger partial charge in [-0.2, -0.15) is 5.26 Å². The quantitative estimate of drug-likeness (QED) is 0.463. The monoisotopic (exact) mass is 466 g/mol. The van der Waals surface area contributed by atoms with Crippen molar-refractivity contribution < 1.29 is 23.8 Å². The molecule has 0 bridgehead atoms. The highest BCUT2D eigenvalue weighted by Crippen LogP contribution is 2.20. The highest BCUT2D eigenvalue weighted by Gasteiger charge is 2.25. The van der Waals surface area contributed by atoms with Crippen molar-refractivity contribution in [3.63, 3.8) is 0 Å². The first-order valence-electron chi connectivity index (χ1n) is 10.6. The Bertz CT molecular complexity index is 1050. The lowest BCUT2D eigenvalue weighted by atomic mass is 10.0. The van der Waals surface area contributed by atoms with E-state index in [-0.39, 0.29) is 24.6 Å². The van der Waals surface area contributed by atoms with Gasteiger partial charge in [-0.3, -0.25) is 9.78 Å². The van der Waals surface area contributed by atoms with Crippen LogP contribution < -0.4 is 20.7 Å². The number of aromatic nitrogens is 2. The molecule has 1 aliphatic rings. The van der Waals surface area contributed by atoms with Crippen LogP contribution >= 0.6 is 0 Å². The van der Waals surface area contributed by atoms with Crippen LogP contribution in [0.3, 0.4) is 0 Å². The third-order valence-electron chi connectivity index (χ3n) is 4.94. The van der Waals surface area contributed by atoms with Crippen LogP contribution in [-0.2, 0) is 20.7 Å². The average molecular weight is 466 g/mol. The van der Waals surface area contributed by atoms with E-state index in [1.807, 2.05) is 0 Å². The molecule has 2 aromatic rings. The number of benzene rings is 1. The predicted molar refractivity (Wildman–Crippen MR) is 122 cm³/mol. The van der Waals surface area contributed by atoms with Gasteiger partial charge in [0.1, 0.15) is 25.0 Å². The summed E-state index contributed by atoms with van der Waals surface area (Å²) in [6.45, 7) is 5.42. The van der Waals surface area contributed by atoms with E-state index >= 15 is 0 Å². The number of nitriles is 1. The normalized spacial score (nSPS) is 17.2. The van der Waals surface area contributed by atoms with Crippen LogP contribution in [0.5, 0.6) is 5.75 Å². The molecule has 3 N–H and O–H groups in total. The van der Waals surface area contributed by atoms with Gasteiger partial charge in [-0.05, 0) is 29.8 Å². The van der Waals surface area contributed by atoms with Crippen LogP contribution in [-0.4, -0.2) is 67.5 Å². The lowest BCUT2D eigenvalue weighted by molar-refractivity contribution is -0.115. The van der Waals surface area contributed by atoms with Gasteiger partial charge in [-0.15, -0.1) is 0 Å². The first kappa shape index (κ1) is 24.6. The minimum Gasteiger partial charge on any atom is -0.491 e. The van der Waals surface area contributed by atoms with Gasteiger partial charge < -0.3 is 30.2 Å². The van der Waals surface area contributed by atoms with Crippen molar-refractivity contribution in [1.29, 1.82) is 5.26 Å². The maximum absolute atomic E-state index is 12.1. The third kappa shape index (κ3) is 7.26. The molecule has 178 valence electrons. The molecule has 0 aliphatic carbocycles. The molecule has 11 nitrogen and oxygen atoms in total. The number of carbonyl (C=O) groups is 2. The highest BCUT2D eigenvalue weighted by atomic mass is 16.5. The first-order chi connectivity index (χ1) is 16.5. The standard InChI is InChI=1S/C23H26N6O5/c1-15(9-19-22(27-8-7-26-19)29-21(30)13-28-23(31)32-2)20-12-25-11-18(34-20)14-33-17-5-3-16(10-24)4-6-17/h3-8,18,20,25H,1,9,11-14H2,2H3,(H,28,31)(H,27,29,30). The lowest BCUT2D eigenvalue weighted by Crippen LogP contribution is -2.47. The van der Waals surface area contributed by atoms with Crippen molar-refractivity contribution in [3.05, 3.63) is 60.1 Å². The van der Waals surface area contributed by atoms with Gasteiger partial charge in [0.05, 0.1) is 30.5 Å². The summed E-state index contributed by atoms with van der Waals surface area (Å²) in [5, 5.41) is 17.1. The van der Waals surface area contributed by atoms with E-state index < -0.39 is 12.0 Å². The number of methoxy groups -OCH3 is 1. The first-order valence-corrected chi connectivity index (χ1v) is 10.6. The number of rotatable bonds is 9. The SMILES string of the molecule is C=C(Cc1nccnc1NC(=O)CNC(=O)OC)C1CNCC(COc2ccc(C#N)cc2)O1. The predicted octanol–water partition coefficient (Wildman–Crippen LogP) is 1.18. The molecule has 2 atom stereocenters. The van der Waals surface area contributed by atoms with Gasteiger partial charge in [-0.1, -0.05) is 6.58 Å². The van der Waals surface area contributed by atoms with Crippen molar-refractivity contribution in [3.8, 4) is 11.8 Å². The van der Waals surface area contributed by atoms with Crippen molar-refractivity contribution in [2.24, 2.45) is 0 Å². The molecule has 2 heterocycles. The minimum atomic E-state index is -0.706.